The van der Waals surface area contributed by atoms with Crippen molar-refractivity contribution in [3.05, 3.63) is 78.1 Å². The molecule has 0 aliphatic carbocycles. The number of sulfonamides is 1. The van der Waals surface area contributed by atoms with Gasteiger partial charge in [-0.25, -0.2) is 12.8 Å². The first-order chi connectivity index (χ1) is 13.1. The Hall–Kier alpha value is -2.28. The van der Waals surface area contributed by atoms with Crippen LogP contribution in [-0.4, -0.2) is 38.9 Å². The zero-order chi connectivity index (χ0) is 18.9. The molecule has 1 aliphatic heterocycles. The highest BCUT2D eigenvalue weighted by atomic mass is 32.2. The van der Waals surface area contributed by atoms with E-state index in [1.807, 2.05) is 12.1 Å². The quantitative estimate of drug-likeness (QED) is 0.747. The second-order valence-electron chi connectivity index (χ2n) is 6.90. The standard InChI is InChI=1S/C21H21FN2O2S/c22-20-10-3-4-11-21(20)27(25,26)24-14-12-23(13-15-24)16-18-8-5-7-17-6-1-2-9-19(17)18/h1-11H,12-16H2/p+1. The molecular formula is C21H22FN2O2S+. The van der Waals surface area contributed by atoms with Crippen LogP contribution < -0.4 is 4.90 Å². The fourth-order valence-corrected chi connectivity index (χ4v) is 5.24. The van der Waals surface area contributed by atoms with Crippen LogP contribution in [0, 0.1) is 5.82 Å². The number of halogens is 1. The predicted molar refractivity (Wildman–Crippen MR) is 104 cm³/mol. The maximum Gasteiger partial charge on any atom is 0.246 e. The summed E-state index contributed by atoms with van der Waals surface area (Å²) in [6.45, 7) is 3.07. The summed E-state index contributed by atoms with van der Waals surface area (Å²) in [5, 5.41) is 2.46. The van der Waals surface area contributed by atoms with E-state index in [1.165, 1.54) is 43.7 Å². The molecule has 0 spiro atoms. The number of rotatable bonds is 4. The number of piperazine rings is 1. The molecule has 1 aliphatic rings. The normalized spacial score (nSPS) is 16.6. The number of nitrogens with one attached hydrogen (secondary N) is 1. The molecule has 0 bridgehead atoms. The molecule has 3 aromatic rings. The number of benzene rings is 3. The van der Waals surface area contributed by atoms with E-state index in [2.05, 4.69) is 30.3 Å². The first-order valence-corrected chi connectivity index (χ1v) is 10.5. The van der Waals surface area contributed by atoms with Crippen LogP contribution in [0.3, 0.4) is 0 Å². The topological polar surface area (TPSA) is 41.8 Å². The summed E-state index contributed by atoms with van der Waals surface area (Å²) in [6, 6.07) is 20.2. The largest absolute Gasteiger partial charge is 0.329 e. The smallest absolute Gasteiger partial charge is 0.246 e. The molecule has 0 radical (unpaired) electrons. The van der Waals surface area contributed by atoms with Gasteiger partial charge < -0.3 is 4.90 Å². The Kier molecular flexibility index (Phi) is 4.95. The molecule has 1 heterocycles. The molecule has 27 heavy (non-hydrogen) atoms. The Bertz CT molecular complexity index is 1060. The van der Waals surface area contributed by atoms with Crippen molar-refractivity contribution in [2.24, 2.45) is 0 Å². The molecule has 1 fully saturated rings. The monoisotopic (exact) mass is 385 g/mol. The van der Waals surface area contributed by atoms with Crippen molar-refractivity contribution in [3.8, 4) is 0 Å². The molecule has 1 N–H and O–H groups in total. The lowest BCUT2D eigenvalue weighted by Crippen LogP contribution is -3.13. The summed E-state index contributed by atoms with van der Waals surface area (Å²) in [7, 11) is -3.78. The van der Waals surface area contributed by atoms with E-state index in [0.717, 1.165) is 6.54 Å². The number of hydrogen-bond donors (Lipinski definition) is 1. The van der Waals surface area contributed by atoms with Gasteiger partial charge in [0, 0.05) is 5.56 Å². The van der Waals surface area contributed by atoms with Crippen molar-refractivity contribution in [2.45, 2.75) is 11.4 Å². The van der Waals surface area contributed by atoms with Crippen LogP contribution in [0.4, 0.5) is 4.39 Å². The zero-order valence-corrected chi connectivity index (χ0v) is 15.8. The highest BCUT2D eigenvalue weighted by Crippen LogP contribution is 2.20. The number of hydrogen-bond acceptors (Lipinski definition) is 2. The van der Waals surface area contributed by atoms with Gasteiger partial charge in [-0.1, -0.05) is 54.6 Å². The van der Waals surface area contributed by atoms with E-state index in [0.29, 0.717) is 26.2 Å². The number of quaternary nitrogens is 1. The molecule has 4 nitrogen and oxygen atoms in total. The van der Waals surface area contributed by atoms with Crippen molar-refractivity contribution < 1.29 is 17.7 Å². The minimum Gasteiger partial charge on any atom is -0.329 e. The fourth-order valence-electron chi connectivity index (χ4n) is 3.73. The van der Waals surface area contributed by atoms with Gasteiger partial charge in [0.15, 0.2) is 0 Å². The van der Waals surface area contributed by atoms with E-state index >= 15 is 0 Å². The number of nitrogens with zero attached hydrogens (tertiary/aromatic N) is 1. The lowest BCUT2D eigenvalue weighted by Gasteiger charge is -2.31. The average Bonchev–Trinajstić information content (AvgIpc) is 2.69. The second-order valence-corrected chi connectivity index (χ2v) is 8.81. The maximum absolute atomic E-state index is 13.9. The zero-order valence-electron chi connectivity index (χ0n) is 14.9. The average molecular weight is 385 g/mol. The highest BCUT2D eigenvalue weighted by molar-refractivity contribution is 7.89. The molecule has 0 amide bonds. The van der Waals surface area contributed by atoms with Gasteiger partial charge in [-0.05, 0) is 22.9 Å². The van der Waals surface area contributed by atoms with Crippen molar-refractivity contribution in [1.29, 1.82) is 0 Å². The van der Waals surface area contributed by atoms with Gasteiger partial charge in [0.05, 0.1) is 26.2 Å². The van der Waals surface area contributed by atoms with Crippen LogP contribution in [0.2, 0.25) is 0 Å². The summed E-state index contributed by atoms with van der Waals surface area (Å²) < 4.78 is 40.8. The Labute approximate surface area is 158 Å². The van der Waals surface area contributed by atoms with E-state index < -0.39 is 15.8 Å². The van der Waals surface area contributed by atoms with E-state index in [-0.39, 0.29) is 4.90 Å². The van der Waals surface area contributed by atoms with Crippen LogP contribution in [0.15, 0.2) is 71.6 Å². The van der Waals surface area contributed by atoms with E-state index in [1.54, 1.807) is 6.07 Å². The van der Waals surface area contributed by atoms with Crippen LogP contribution in [0.25, 0.3) is 10.8 Å². The highest BCUT2D eigenvalue weighted by Gasteiger charge is 2.32. The third kappa shape index (κ3) is 3.60. The molecule has 4 rings (SSSR count). The summed E-state index contributed by atoms with van der Waals surface area (Å²) in [6.07, 6.45) is 0. The molecule has 0 atom stereocenters. The Morgan fingerprint density at radius 3 is 2.33 bits per heavy atom. The summed E-state index contributed by atoms with van der Waals surface area (Å²) >= 11 is 0. The molecule has 140 valence electrons. The minimum absolute atomic E-state index is 0.234. The maximum atomic E-state index is 13.9. The second kappa shape index (κ2) is 7.38. The van der Waals surface area contributed by atoms with Crippen molar-refractivity contribution in [1.82, 2.24) is 4.31 Å². The molecule has 0 aromatic heterocycles. The van der Waals surface area contributed by atoms with Gasteiger partial charge in [0.25, 0.3) is 0 Å². The van der Waals surface area contributed by atoms with Crippen molar-refractivity contribution in [2.75, 3.05) is 26.2 Å². The molecule has 3 aromatic carbocycles. The van der Waals surface area contributed by atoms with E-state index in [9.17, 15) is 12.8 Å². The van der Waals surface area contributed by atoms with Crippen molar-refractivity contribution >= 4 is 20.8 Å². The third-order valence-corrected chi connectivity index (χ3v) is 7.14. The van der Waals surface area contributed by atoms with Gasteiger partial charge >= 0.3 is 0 Å². The van der Waals surface area contributed by atoms with Gasteiger partial charge in [0.1, 0.15) is 17.3 Å². The molecule has 0 unspecified atom stereocenters. The molecule has 1 saturated heterocycles. The summed E-state index contributed by atoms with van der Waals surface area (Å²) in [5.74, 6) is -0.692. The number of fused-ring (bicyclic) bond motifs is 1. The first kappa shape index (κ1) is 18.1. The lowest BCUT2D eigenvalue weighted by molar-refractivity contribution is -0.917. The summed E-state index contributed by atoms with van der Waals surface area (Å²) in [5.41, 5.74) is 1.27. The fraction of sp³-hybridized carbons (Fsp3) is 0.238. The SMILES string of the molecule is O=S(=O)(c1ccccc1F)N1CC[NH+](Cc2cccc3ccccc23)CC1. The third-order valence-electron chi connectivity index (χ3n) is 5.20. The lowest BCUT2D eigenvalue weighted by atomic mass is 10.0. The molecule has 6 heteroatoms. The predicted octanol–water partition coefficient (Wildman–Crippen LogP) is 2.07. The van der Waals surface area contributed by atoms with Crippen LogP contribution in [0.1, 0.15) is 5.56 Å². The molecular weight excluding hydrogens is 363 g/mol. The Morgan fingerprint density at radius 1 is 0.889 bits per heavy atom. The van der Waals surface area contributed by atoms with Gasteiger partial charge in [0.2, 0.25) is 10.0 Å². The first-order valence-electron chi connectivity index (χ1n) is 9.10. The van der Waals surface area contributed by atoms with Crippen LogP contribution >= 0.6 is 0 Å². The van der Waals surface area contributed by atoms with E-state index in [4.69, 9.17) is 0 Å². The Morgan fingerprint density at radius 2 is 1.56 bits per heavy atom. The van der Waals surface area contributed by atoms with Crippen LogP contribution in [0.5, 0.6) is 0 Å². The van der Waals surface area contributed by atoms with Gasteiger partial charge in [-0.15, -0.1) is 0 Å². The van der Waals surface area contributed by atoms with Gasteiger partial charge in [-0.2, -0.15) is 4.31 Å². The van der Waals surface area contributed by atoms with Crippen molar-refractivity contribution in [3.63, 3.8) is 0 Å². The Balaban J connectivity index is 1.47. The van der Waals surface area contributed by atoms with Crippen LogP contribution in [-0.2, 0) is 16.6 Å². The van der Waals surface area contributed by atoms with Gasteiger partial charge in [-0.3, -0.25) is 0 Å². The minimum atomic E-state index is -3.78. The summed E-state index contributed by atoms with van der Waals surface area (Å²) in [4.78, 5) is 1.11. The molecule has 0 saturated carbocycles.